The highest BCUT2D eigenvalue weighted by molar-refractivity contribution is 8.04. The van der Waals surface area contributed by atoms with E-state index in [1.807, 2.05) is 48.4 Å². The fourth-order valence-corrected chi connectivity index (χ4v) is 5.71. The third-order valence-corrected chi connectivity index (χ3v) is 7.47. The molecule has 4 nitrogen and oxygen atoms in total. The maximum Gasteiger partial charge on any atom is 0.261 e. The highest BCUT2D eigenvalue weighted by Gasteiger charge is 2.38. The Labute approximate surface area is 182 Å². The van der Waals surface area contributed by atoms with Crippen molar-refractivity contribution in [1.82, 2.24) is 14.8 Å². The standard InChI is InChI=1S/C23H28ClN3OS/c1-17(20-10-6-11-25-20)21-22(28)27(15-7-14-26-12-3-2-4-13-26)23(29-21)18-8-5-9-19(24)16-18/h5-6,8-11,16,23,25H,2-4,7,12-15H2,1H3/b21-17+. The number of likely N-dealkylation sites (tertiary alicyclic amines) is 1. The van der Waals surface area contributed by atoms with E-state index < -0.39 is 0 Å². The third-order valence-electron chi connectivity index (χ3n) is 5.77. The minimum absolute atomic E-state index is 0.0255. The number of aromatic nitrogens is 1. The fraction of sp³-hybridized carbons (Fsp3) is 0.435. The molecule has 1 atom stereocenters. The fourth-order valence-electron chi connectivity index (χ4n) is 4.17. The average Bonchev–Trinajstić information content (AvgIpc) is 3.38. The van der Waals surface area contributed by atoms with Crippen LogP contribution < -0.4 is 0 Å². The van der Waals surface area contributed by atoms with Crippen molar-refractivity contribution in [1.29, 1.82) is 0 Å². The lowest BCUT2D eigenvalue weighted by Gasteiger charge is -2.28. The zero-order valence-corrected chi connectivity index (χ0v) is 18.4. The lowest BCUT2D eigenvalue weighted by Crippen LogP contribution is -2.34. The number of carbonyl (C=O) groups is 1. The average molecular weight is 430 g/mol. The zero-order chi connectivity index (χ0) is 20.2. The second-order valence-electron chi connectivity index (χ2n) is 7.82. The number of hydrogen-bond donors (Lipinski definition) is 1. The molecule has 1 N–H and O–H groups in total. The molecular formula is C23H28ClN3OS. The van der Waals surface area contributed by atoms with Crippen molar-refractivity contribution >= 4 is 34.8 Å². The van der Waals surface area contributed by atoms with Gasteiger partial charge in [0.05, 0.1) is 4.91 Å². The molecule has 4 rings (SSSR count). The second kappa shape index (κ2) is 9.41. The van der Waals surface area contributed by atoms with Crippen LogP contribution in [0.3, 0.4) is 0 Å². The Morgan fingerprint density at radius 3 is 2.72 bits per heavy atom. The summed E-state index contributed by atoms with van der Waals surface area (Å²) in [6.45, 7) is 6.24. The van der Waals surface area contributed by atoms with Crippen molar-refractivity contribution in [3.63, 3.8) is 0 Å². The van der Waals surface area contributed by atoms with Crippen molar-refractivity contribution in [3.05, 3.63) is 63.8 Å². The number of thioether (sulfide) groups is 1. The number of benzene rings is 1. The van der Waals surface area contributed by atoms with Crippen LogP contribution >= 0.6 is 23.4 Å². The third kappa shape index (κ3) is 4.73. The van der Waals surface area contributed by atoms with E-state index in [2.05, 4.69) is 16.0 Å². The Morgan fingerprint density at radius 1 is 1.17 bits per heavy atom. The summed E-state index contributed by atoms with van der Waals surface area (Å²) < 4.78 is 0. The smallest absolute Gasteiger partial charge is 0.261 e. The molecule has 0 saturated carbocycles. The number of amides is 1. The number of carbonyl (C=O) groups excluding carboxylic acids is 1. The van der Waals surface area contributed by atoms with Crippen LogP contribution in [0, 0.1) is 0 Å². The Kier molecular flexibility index (Phi) is 6.68. The van der Waals surface area contributed by atoms with Crippen molar-refractivity contribution in [2.24, 2.45) is 0 Å². The summed E-state index contributed by atoms with van der Waals surface area (Å²) in [5.41, 5.74) is 3.10. The monoisotopic (exact) mass is 429 g/mol. The van der Waals surface area contributed by atoms with Crippen LogP contribution in [0.2, 0.25) is 5.02 Å². The number of halogens is 1. The molecular weight excluding hydrogens is 402 g/mol. The molecule has 1 aromatic carbocycles. The van der Waals surface area contributed by atoms with Crippen LogP contribution in [0.1, 0.15) is 49.2 Å². The molecule has 2 aliphatic rings. The zero-order valence-electron chi connectivity index (χ0n) is 16.9. The van der Waals surface area contributed by atoms with Gasteiger partial charge in [0, 0.05) is 23.5 Å². The Bertz CT molecular complexity index is 874. The molecule has 0 bridgehead atoms. The number of nitrogens with zero attached hydrogens (tertiary/aromatic N) is 2. The SMILES string of the molecule is C/C(=C1\SC(c2cccc(Cl)c2)N(CCCN2CCCCC2)C1=O)c1ccc[nH]1. The normalized spacial score (nSPS) is 22.3. The van der Waals surface area contributed by atoms with Crippen molar-refractivity contribution in [2.75, 3.05) is 26.2 Å². The molecule has 2 aromatic rings. The Balaban J connectivity index is 1.55. The minimum atomic E-state index is -0.0255. The van der Waals surface area contributed by atoms with Gasteiger partial charge in [-0.2, -0.15) is 0 Å². The van der Waals surface area contributed by atoms with E-state index in [4.69, 9.17) is 11.6 Å². The van der Waals surface area contributed by atoms with Crippen LogP contribution in [0.4, 0.5) is 0 Å². The van der Waals surface area contributed by atoms with Crippen LogP contribution in [-0.4, -0.2) is 46.9 Å². The quantitative estimate of drug-likeness (QED) is 0.612. The van der Waals surface area contributed by atoms with E-state index in [1.165, 1.54) is 32.4 Å². The largest absolute Gasteiger partial charge is 0.361 e. The molecule has 2 aliphatic heterocycles. The van der Waals surface area contributed by atoms with Gasteiger partial charge in [0.25, 0.3) is 5.91 Å². The molecule has 2 fully saturated rings. The Morgan fingerprint density at radius 2 is 2.00 bits per heavy atom. The number of nitrogens with one attached hydrogen (secondary N) is 1. The summed E-state index contributed by atoms with van der Waals surface area (Å²) in [7, 11) is 0. The van der Waals surface area contributed by atoms with Gasteiger partial charge >= 0.3 is 0 Å². The summed E-state index contributed by atoms with van der Waals surface area (Å²) in [6.07, 6.45) is 6.84. The lowest BCUT2D eigenvalue weighted by molar-refractivity contribution is -0.126. The van der Waals surface area contributed by atoms with Gasteiger partial charge in [0.2, 0.25) is 0 Å². The van der Waals surface area contributed by atoms with Gasteiger partial charge < -0.3 is 14.8 Å². The number of allylic oxidation sites excluding steroid dienone is 1. The second-order valence-corrected chi connectivity index (χ2v) is 9.34. The molecule has 1 unspecified atom stereocenters. The van der Waals surface area contributed by atoms with Gasteiger partial charge in [-0.1, -0.05) is 41.9 Å². The number of aromatic amines is 1. The van der Waals surface area contributed by atoms with Gasteiger partial charge in [-0.3, -0.25) is 4.79 Å². The van der Waals surface area contributed by atoms with Gasteiger partial charge in [-0.25, -0.2) is 0 Å². The molecule has 0 spiro atoms. The first-order valence-electron chi connectivity index (χ1n) is 10.4. The van der Waals surface area contributed by atoms with E-state index in [1.54, 1.807) is 11.8 Å². The highest BCUT2D eigenvalue weighted by atomic mass is 35.5. The highest BCUT2D eigenvalue weighted by Crippen LogP contribution is 2.48. The van der Waals surface area contributed by atoms with E-state index in [0.29, 0.717) is 5.02 Å². The molecule has 29 heavy (non-hydrogen) atoms. The summed E-state index contributed by atoms with van der Waals surface area (Å²) in [5.74, 6) is 0.130. The molecule has 6 heteroatoms. The summed E-state index contributed by atoms with van der Waals surface area (Å²) >= 11 is 7.90. The molecule has 0 aliphatic carbocycles. The summed E-state index contributed by atoms with van der Waals surface area (Å²) in [5, 5.41) is 0.685. The first-order valence-corrected chi connectivity index (χ1v) is 11.7. The summed E-state index contributed by atoms with van der Waals surface area (Å²) in [4.78, 5) is 22.0. The number of H-pyrrole nitrogens is 1. The van der Waals surface area contributed by atoms with E-state index in [-0.39, 0.29) is 11.3 Å². The number of piperidine rings is 1. The van der Waals surface area contributed by atoms with Gasteiger partial charge in [-0.15, -0.1) is 0 Å². The number of rotatable bonds is 6. The maximum absolute atomic E-state index is 13.4. The van der Waals surface area contributed by atoms with Crippen LogP contribution in [0.15, 0.2) is 47.5 Å². The molecule has 2 saturated heterocycles. The van der Waals surface area contributed by atoms with Gasteiger partial charge in [0.1, 0.15) is 5.37 Å². The summed E-state index contributed by atoms with van der Waals surface area (Å²) in [6, 6.07) is 11.9. The predicted octanol–water partition coefficient (Wildman–Crippen LogP) is 5.55. The lowest BCUT2D eigenvalue weighted by atomic mass is 10.1. The number of hydrogen-bond acceptors (Lipinski definition) is 3. The molecule has 3 heterocycles. The van der Waals surface area contributed by atoms with Gasteiger partial charge in [0.15, 0.2) is 0 Å². The minimum Gasteiger partial charge on any atom is -0.361 e. The van der Waals surface area contributed by atoms with Crippen molar-refractivity contribution in [2.45, 2.75) is 38.0 Å². The topological polar surface area (TPSA) is 39.3 Å². The predicted molar refractivity (Wildman–Crippen MR) is 122 cm³/mol. The first-order chi connectivity index (χ1) is 14.1. The van der Waals surface area contributed by atoms with Crippen LogP contribution in [-0.2, 0) is 4.79 Å². The van der Waals surface area contributed by atoms with Gasteiger partial charge in [-0.05, 0) is 81.2 Å². The first kappa shape index (κ1) is 20.6. The van der Waals surface area contributed by atoms with E-state index in [9.17, 15) is 4.79 Å². The van der Waals surface area contributed by atoms with Crippen LogP contribution in [0.5, 0.6) is 0 Å². The van der Waals surface area contributed by atoms with Crippen molar-refractivity contribution < 1.29 is 4.79 Å². The molecule has 154 valence electrons. The maximum atomic E-state index is 13.4. The Hall–Kier alpha value is -1.69. The molecule has 1 amide bonds. The molecule has 1 aromatic heterocycles. The van der Waals surface area contributed by atoms with Crippen molar-refractivity contribution in [3.8, 4) is 0 Å². The van der Waals surface area contributed by atoms with E-state index >= 15 is 0 Å². The molecule has 0 radical (unpaired) electrons. The van der Waals surface area contributed by atoms with Crippen LogP contribution in [0.25, 0.3) is 5.57 Å². The van der Waals surface area contributed by atoms with E-state index in [0.717, 1.165) is 41.2 Å².